The molecule has 56 valence electrons. The number of nitrogens with zero attached hydrogens (tertiary/aromatic N) is 1. The molecule has 0 saturated carbocycles. The molecule has 0 aromatic rings. The molecule has 1 aliphatic heterocycles. The summed E-state index contributed by atoms with van der Waals surface area (Å²) in [6, 6.07) is -0.691. The third-order valence-corrected chi connectivity index (χ3v) is 1.32. The molecule has 0 radical (unpaired) electrons. The van der Waals surface area contributed by atoms with Gasteiger partial charge in [0, 0.05) is 4.92 Å². The van der Waals surface area contributed by atoms with E-state index in [9.17, 15) is 10.1 Å². The van der Waals surface area contributed by atoms with Crippen molar-refractivity contribution in [3.05, 3.63) is 22.3 Å². The molecule has 1 heterocycles. The molecule has 0 amide bonds. The van der Waals surface area contributed by atoms with E-state index in [4.69, 9.17) is 5.11 Å². The van der Waals surface area contributed by atoms with E-state index in [0.717, 1.165) is 0 Å². The molecule has 0 aromatic carbocycles. The fourth-order valence-electron chi connectivity index (χ4n) is 0.756. The molecule has 2 atom stereocenters. The Balaban J connectivity index is 2.53. The minimum Gasteiger partial charge on any atom is -0.375 e. The van der Waals surface area contributed by atoms with Gasteiger partial charge in [-0.3, -0.25) is 15.4 Å². The van der Waals surface area contributed by atoms with E-state index in [0.29, 0.717) is 0 Å². The van der Waals surface area contributed by atoms with Crippen LogP contribution in [0.4, 0.5) is 0 Å². The Kier molecular flexibility index (Phi) is 1.98. The Morgan fingerprint density at radius 2 is 2.40 bits per heavy atom. The Labute approximate surface area is 57.5 Å². The van der Waals surface area contributed by atoms with Gasteiger partial charge >= 0.3 is 0 Å². The number of nitrogens with one attached hydrogen (secondary N) is 1. The van der Waals surface area contributed by atoms with Crippen molar-refractivity contribution in [2.45, 2.75) is 12.3 Å². The second-order valence-corrected chi connectivity index (χ2v) is 2.09. The third kappa shape index (κ3) is 1.52. The van der Waals surface area contributed by atoms with E-state index >= 15 is 0 Å². The van der Waals surface area contributed by atoms with Crippen LogP contribution in [0.5, 0.6) is 0 Å². The zero-order valence-corrected chi connectivity index (χ0v) is 5.23. The summed E-state index contributed by atoms with van der Waals surface area (Å²) in [6.45, 7) is 0.199. The SMILES string of the molecule is O=[N+]([O-])C1C=CC(O)NC1. The predicted octanol–water partition coefficient (Wildman–Crippen LogP) is -0.891. The monoisotopic (exact) mass is 144 g/mol. The number of rotatable bonds is 1. The minimum absolute atomic E-state index is 0.199. The van der Waals surface area contributed by atoms with Crippen molar-refractivity contribution >= 4 is 0 Å². The highest BCUT2D eigenvalue weighted by Crippen LogP contribution is 1.98. The van der Waals surface area contributed by atoms with Gasteiger partial charge in [-0.2, -0.15) is 0 Å². The fourth-order valence-corrected chi connectivity index (χ4v) is 0.756. The molecule has 0 spiro atoms. The maximum Gasteiger partial charge on any atom is 0.243 e. The molecular formula is C5H8N2O3. The van der Waals surface area contributed by atoms with E-state index in [1.165, 1.54) is 12.2 Å². The first kappa shape index (κ1) is 7.17. The summed E-state index contributed by atoms with van der Waals surface area (Å²) in [4.78, 5) is 9.70. The third-order valence-electron chi connectivity index (χ3n) is 1.32. The summed E-state index contributed by atoms with van der Waals surface area (Å²) < 4.78 is 0. The molecule has 1 aliphatic rings. The van der Waals surface area contributed by atoms with Crippen LogP contribution in [0.15, 0.2) is 12.2 Å². The normalized spacial score (nSPS) is 32.1. The summed E-state index contributed by atoms with van der Waals surface area (Å²) in [5.41, 5.74) is 0. The highest BCUT2D eigenvalue weighted by Gasteiger charge is 2.20. The van der Waals surface area contributed by atoms with Gasteiger partial charge in [-0.15, -0.1) is 0 Å². The standard InChI is InChI=1S/C5H8N2O3/c8-5-2-1-4(3-6-5)7(9)10/h1-2,4-6,8H,3H2. The van der Waals surface area contributed by atoms with E-state index in [1.54, 1.807) is 0 Å². The van der Waals surface area contributed by atoms with Crippen molar-refractivity contribution in [2.24, 2.45) is 0 Å². The zero-order chi connectivity index (χ0) is 7.56. The number of hydrogen-bond acceptors (Lipinski definition) is 4. The Morgan fingerprint density at radius 1 is 1.70 bits per heavy atom. The lowest BCUT2D eigenvalue weighted by atomic mass is 10.2. The van der Waals surface area contributed by atoms with Gasteiger partial charge in [-0.1, -0.05) is 0 Å². The van der Waals surface area contributed by atoms with Gasteiger partial charge in [0.05, 0.1) is 6.54 Å². The van der Waals surface area contributed by atoms with Crippen molar-refractivity contribution in [3.8, 4) is 0 Å². The van der Waals surface area contributed by atoms with Gasteiger partial charge < -0.3 is 5.11 Å². The van der Waals surface area contributed by atoms with Crippen molar-refractivity contribution in [2.75, 3.05) is 6.54 Å². The Morgan fingerprint density at radius 3 is 2.80 bits per heavy atom. The van der Waals surface area contributed by atoms with Crippen LogP contribution in [-0.4, -0.2) is 28.8 Å². The molecular weight excluding hydrogens is 136 g/mol. The number of aliphatic hydroxyl groups is 1. The first-order valence-corrected chi connectivity index (χ1v) is 2.93. The summed E-state index contributed by atoms with van der Waals surface area (Å²) in [7, 11) is 0. The van der Waals surface area contributed by atoms with Gasteiger partial charge in [0.25, 0.3) is 0 Å². The highest BCUT2D eigenvalue weighted by atomic mass is 16.6. The van der Waals surface area contributed by atoms with Gasteiger partial charge in [-0.25, -0.2) is 0 Å². The summed E-state index contributed by atoms with van der Waals surface area (Å²) in [5, 5.41) is 21.4. The van der Waals surface area contributed by atoms with Gasteiger partial charge in [0.1, 0.15) is 6.23 Å². The van der Waals surface area contributed by atoms with Gasteiger partial charge in [-0.05, 0) is 12.2 Å². The summed E-state index contributed by atoms with van der Waals surface area (Å²) in [5.74, 6) is 0. The molecule has 0 aliphatic carbocycles. The van der Waals surface area contributed by atoms with Crippen LogP contribution in [0.3, 0.4) is 0 Å². The lowest BCUT2D eigenvalue weighted by Crippen LogP contribution is -2.40. The zero-order valence-electron chi connectivity index (χ0n) is 5.23. The molecule has 0 aromatic heterocycles. The topological polar surface area (TPSA) is 75.4 Å². The lowest BCUT2D eigenvalue weighted by Gasteiger charge is -2.14. The smallest absolute Gasteiger partial charge is 0.243 e. The maximum absolute atomic E-state index is 10.1. The summed E-state index contributed by atoms with van der Waals surface area (Å²) in [6.07, 6.45) is 2.04. The number of hydrogen-bond donors (Lipinski definition) is 2. The van der Waals surface area contributed by atoms with E-state index in [1.807, 2.05) is 0 Å². The van der Waals surface area contributed by atoms with E-state index in [2.05, 4.69) is 5.32 Å². The highest BCUT2D eigenvalue weighted by molar-refractivity contribution is 4.98. The molecule has 0 fully saturated rings. The molecule has 5 nitrogen and oxygen atoms in total. The van der Waals surface area contributed by atoms with Crippen molar-refractivity contribution < 1.29 is 10.0 Å². The van der Waals surface area contributed by atoms with E-state index in [-0.39, 0.29) is 6.54 Å². The molecule has 2 N–H and O–H groups in total. The van der Waals surface area contributed by atoms with Crippen LogP contribution in [0, 0.1) is 10.1 Å². The molecule has 5 heteroatoms. The summed E-state index contributed by atoms with van der Waals surface area (Å²) >= 11 is 0. The molecule has 2 unspecified atom stereocenters. The van der Waals surface area contributed by atoms with Gasteiger partial charge in [0.2, 0.25) is 6.04 Å². The first-order chi connectivity index (χ1) is 4.70. The largest absolute Gasteiger partial charge is 0.375 e. The maximum atomic E-state index is 10.1. The predicted molar refractivity (Wildman–Crippen MR) is 33.9 cm³/mol. The van der Waals surface area contributed by atoms with Crippen LogP contribution in [-0.2, 0) is 0 Å². The lowest BCUT2D eigenvalue weighted by molar-refractivity contribution is -0.508. The van der Waals surface area contributed by atoms with Gasteiger partial charge in [0.15, 0.2) is 0 Å². The van der Waals surface area contributed by atoms with Crippen LogP contribution in [0.2, 0.25) is 0 Å². The quantitative estimate of drug-likeness (QED) is 0.284. The number of nitro groups is 1. The fraction of sp³-hybridized carbons (Fsp3) is 0.600. The average Bonchev–Trinajstić information content (AvgIpc) is 1.88. The molecule has 0 saturated heterocycles. The number of aliphatic hydroxyl groups excluding tert-OH is 1. The Bertz CT molecular complexity index is 168. The van der Waals surface area contributed by atoms with Crippen LogP contribution >= 0.6 is 0 Å². The van der Waals surface area contributed by atoms with E-state index < -0.39 is 17.2 Å². The Hall–Kier alpha value is -0.940. The molecule has 1 rings (SSSR count). The van der Waals surface area contributed by atoms with Crippen LogP contribution in [0.25, 0.3) is 0 Å². The second-order valence-electron chi connectivity index (χ2n) is 2.09. The van der Waals surface area contributed by atoms with Crippen molar-refractivity contribution in [3.63, 3.8) is 0 Å². The average molecular weight is 144 g/mol. The van der Waals surface area contributed by atoms with Crippen LogP contribution < -0.4 is 5.32 Å². The first-order valence-electron chi connectivity index (χ1n) is 2.93. The minimum atomic E-state index is -0.726. The van der Waals surface area contributed by atoms with Crippen molar-refractivity contribution in [1.29, 1.82) is 0 Å². The van der Waals surface area contributed by atoms with Crippen LogP contribution in [0.1, 0.15) is 0 Å². The molecule has 10 heavy (non-hydrogen) atoms. The second kappa shape index (κ2) is 2.76. The molecule has 0 bridgehead atoms. The van der Waals surface area contributed by atoms with Crippen molar-refractivity contribution in [1.82, 2.24) is 5.32 Å².